The summed E-state index contributed by atoms with van der Waals surface area (Å²) in [4.78, 5) is 0. The minimum atomic E-state index is -3.03. The fourth-order valence-corrected chi connectivity index (χ4v) is 4.68. The average molecular weight is 289 g/mol. The molecule has 0 bridgehead atoms. The highest BCUT2D eigenvalue weighted by Gasteiger charge is 2.39. The Morgan fingerprint density at radius 2 is 2.05 bits per heavy atom. The zero-order valence-electron chi connectivity index (χ0n) is 10.9. The highest BCUT2D eigenvalue weighted by atomic mass is 32.2. The first-order valence-corrected chi connectivity index (χ1v) is 7.96. The molecule has 19 heavy (non-hydrogen) atoms. The first kappa shape index (κ1) is 14.4. The predicted molar refractivity (Wildman–Crippen MR) is 69.6 cm³/mol. The maximum Gasteiger partial charge on any atom is 0.152 e. The number of hydrogen-bond acceptors (Lipinski definition) is 3. The van der Waals surface area contributed by atoms with Crippen LogP contribution >= 0.6 is 0 Å². The van der Waals surface area contributed by atoms with Crippen LogP contribution < -0.4 is 5.32 Å². The molecular weight excluding hydrogens is 272 g/mol. The van der Waals surface area contributed by atoms with Gasteiger partial charge < -0.3 is 5.32 Å². The largest absolute Gasteiger partial charge is 0.304 e. The molecule has 1 N–H and O–H groups in total. The van der Waals surface area contributed by atoms with E-state index in [9.17, 15) is 17.2 Å². The Bertz CT molecular complexity index is 588. The van der Waals surface area contributed by atoms with Crippen molar-refractivity contribution in [2.45, 2.75) is 31.8 Å². The van der Waals surface area contributed by atoms with Crippen LogP contribution in [0.4, 0.5) is 8.78 Å². The van der Waals surface area contributed by atoms with Gasteiger partial charge in [-0.25, -0.2) is 17.2 Å². The highest BCUT2D eigenvalue weighted by molar-refractivity contribution is 7.91. The molecule has 1 aliphatic heterocycles. The highest BCUT2D eigenvalue weighted by Crippen LogP contribution is 2.27. The quantitative estimate of drug-likeness (QED) is 0.928. The van der Waals surface area contributed by atoms with E-state index in [1.165, 1.54) is 0 Å². The molecule has 2 rings (SSSR count). The Morgan fingerprint density at radius 1 is 1.37 bits per heavy atom. The third-order valence-corrected chi connectivity index (χ3v) is 5.40. The zero-order chi connectivity index (χ0) is 14.3. The Morgan fingerprint density at radius 3 is 2.63 bits per heavy atom. The smallest absolute Gasteiger partial charge is 0.152 e. The van der Waals surface area contributed by atoms with Crippen LogP contribution in [0.15, 0.2) is 18.2 Å². The second-order valence-electron chi connectivity index (χ2n) is 5.43. The normalized spacial score (nSPS) is 27.4. The summed E-state index contributed by atoms with van der Waals surface area (Å²) in [7, 11) is -3.03. The molecule has 1 aliphatic rings. The van der Waals surface area contributed by atoms with E-state index < -0.39 is 33.1 Å². The van der Waals surface area contributed by atoms with Crippen molar-refractivity contribution in [3.05, 3.63) is 35.4 Å². The van der Waals surface area contributed by atoms with Gasteiger partial charge in [0.15, 0.2) is 9.84 Å². The molecule has 1 heterocycles. The molecule has 2 atom stereocenters. The summed E-state index contributed by atoms with van der Waals surface area (Å²) in [6.45, 7) is 3.50. The fourth-order valence-electron chi connectivity index (χ4n) is 2.57. The van der Waals surface area contributed by atoms with Crippen LogP contribution in [0, 0.1) is 11.6 Å². The summed E-state index contributed by atoms with van der Waals surface area (Å²) < 4.78 is 49.8. The maximum absolute atomic E-state index is 13.6. The Kier molecular flexibility index (Phi) is 3.66. The molecule has 1 fully saturated rings. The van der Waals surface area contributed by atoms with Gasteiger partial charge in [-0.15, -0.1) is 0 Å². The van der Waals surface area contributed by atoms with Crippen molar-refractivity contribution >= 4 is 9.84 Å². The molecule has 2 unspecified atom stereocenters. The van der Waals surface area contributed by atoms with Crippen LogP contribution in [0.25, 0.3) is 0 Å². The summed E-state index contributed by atoms with van der Waals surface area (Å²) in [6, 6.07) is 2.83. The average Bonchev–Trinajstić information content (AvgIpc) is 2.56. The minimum Gasteiger partial charge on any atom is -0.304 e. The fraction of sp³-hybridized carbons (Fsp3) is 0.538. The van der Waals surface area contributed by atoms with E-state index >= 15 is 0 Å². The van der Waals surface area contributed by atoms with E-state index in [-0.39, 0.29) is 17.1 Å². The van der Waals surface area contributed by atoms with Gasteiger partial charge in [0.25, 0.3) is 0 Å². The van der Waals surface area contributed by atoms with Gasteiger partial charge in [0.1, 0.15) is 11.6 Å². The van der Waals surface area contributed by atoms with Crippen LogP contribution in [-0.2, 0) is 9.84 Å². The third kappa shape index (κ3) is 3.30. The molecule has 1 saturated heterocycles. The number of hydrogen-bond donors (Lipinski definition) is 1. The second-order valence-corrected chi connectivity index (χ2v) is 7.62. The number of benzene rings is 1. The molecule has 106 valence electrons. The van der Waals surface area contributed by atoms with Gasteiger partial charge in [-0.1, -0.05) is 0 Å². The first-order valence-electron chi connectivity index (χ1n) is 6.14. The molecule has 0 saturated carbocycles. The lowest BCUT2D eigenvalue weighted by atomic mass is 9.98. The lowest BCUT2D eigenvalue weighted by molar-refractivity contribution is 0.349. The van der Waals surface area contributed by atoms with Crippen LogP contribution in [0.1, 0.15) is 31.9 Å². The van der Waals surface area contributed by atoms with E-state index in [0.717, 1.165) is 18.2 Å². The Labute approximate surface area is 111 Å². The second kappa shape index (κ2) is 4.83. The number of sulfone groups is 1. The summed E-state index contributed by atoms with van der Waals surface area (Å²) in [5, 5.41) is 3.11. The zero-order valence-corrected chi connectivity index (χ0v) is 11.7. The molecule has 0 amide bonds. The monoisotopic (exact) mass is 289 g/mol. The van der Waals surface area contributed by atoms with Crippen molar-refractivity contribution in [1.29, 1.82) is 0 Å². The van der Waals surface area contributed by atoms with Gasteiger partial charge in [-0.05, 0) is 38.5 Å². The molecule has 0 radical (unpaired) electrons. The molecule has 3 nitrogen and oxygen atoms in total. The Balaban J connectivity index is 2.17. The van der Waals surface area contributed by atoms with Crippen LogP contribution in [-0.4, -0.2) is 25.5 Å². The van der Waals surface area contributed by atoms with Gasteiger partial charge in [0.2, 0.25) is 0 Å². The van der Waals surface area contributed by atoms with Crippen molar-refractivity contribution < 1.29 is 17.2 Å². The van der Waals surface area contributed by atoms with Gasteiger partial charge in [0.05, 0.1) is 11.5 Å². The molecule has 6 heteroatoms. The molecule has 0 spiro atoms. The van der Waals surface area contributed by atoms with Crippen molar-refractivity contribution in [2.75, 3.05) is 11.5 Å². The van der Waals surface area contributed by atoms with E-state index in [4.69, 9.17) is 0 Å². The maximum atomic E-state index is 13.6. The minimum absolute atomic E-state index is 0.0290. The van der Waals surface area contributed by atoms with Gasteiger partial charge in [-0.3, -0.25) is 0 Å². The van der Waals surface area contributed by atoms with Crippen molar-refractivity contribution in [2.24, 2.45) is 0 Å². The van der Waals surface area contributed by atoms with E-state index in [1.807, 2.05) is 0 Å². The number of halogens is 2. The number of nitrogens with one attached hydrogen (secondary N) is 1. The lowest BCUT2D eigenvalue weighted by Gasteiger charge is -2.29. The Hall–Kier alpha value is -1.01. The molecule has 0 aromatic heterocycles. The molecular formula is C13H17F2NO2S. The van der Waals surface area contributed by atoms with E-state index in [2.05, 4.69) is 5.32 Å². The first-order chi connectivity index (χ1) is 8.71. The van der Waals surface area contributed by atoms with E-state index in [1.54, 1.807) is 13.8 Å². The summed E-state index contributed by atoms with van der Waals surface area (Å²) in [5.41, 5.74) is -0.373. The lowest BCUT2D eigenvalue weighted by Crippen LogP contribution is -2.44. The van der Waals surface area contributed by atoms with Crippen LogP contribution in [0.3, 0.4) is 0 Å². The summed E-state index contributed by atoms with van der Waals surface area (Å²) in [5.74, 6) is -0.837. The summed E-state index contributed by atoms with van der Waals surface area (Å²) >= 11 is 0. The standard InChI is InChI=1S/C13H17F2NO2S/c1-9(11-7-10(14)3-4-12(11)15)16-13(2)5-6-19(17,18)8-13/h3-4,7,9,16H,5-6,8H2,1-2H3. The van der Waals surface area contributed by atoms with Crippen molar-refractivity contribution in [3.63, 3.8) is 0 Å². The molecule has 1 aromatic carbocycles. The van der Waals surface area contributed by atoms with Crippen molar-refractivity contribution in [1.82, 2.24) is 5.32 Å². The van der Waals surface area contributed by atoms with Gasteiger partial charge in [-0.2, -0.15) is 0 Å². The van der Waals surface area contributed by atoms with E-state index in [0.29, 0.717) is 6.42 Å². The molecule has 0 aliphatic carbocycles. The van der Waals surface area contributed by atoms with Crippen molar-refractivity contribution in [3.8, 4) is 0 Å². The third-order valence-electron chi connectivity index (χ3n) is 3.49. The van der Waals surface area contributed by atoms with Gasteiger partial charge >= 0.3 is 0 Å². The topological polar surface area (TPSA) is 46.2 Å². The SMILES string of the molecule is CC(NC1(C)CCS(=O)(=O)C1)c1cc(F)ccc1F. The van der Waals surface area contributed by atoms with Crippen LogP contribution in [0.5, 0.6) is 0 Å². The van der Waals surface area contributed by atoms with Crippen LogP contribution in [0.2, 0.25) is 0 Å². The predicted octanol–water partition coefficient (Wildman–Crippen LogP) is 2.19. The molecule has 1 aromatic rings. The summed E-state index contributed by atoms with van der Waals surface area (Å²) in [6.07, 6.45) is 0.483. The number of rotatable bonds is 3. The van der Waals surface area contributed by atoms with Gasteiger partial charge in [0, 0.05) is 17.1 Å².